The molecule has 0 aliphatic heterocycles. The van der Waals surface area contributed by atoms with Crippen LogP contribution < -0.4 is 5.73 Å². The molecule has 0 spiro atoms. The van der Waals surface area contributed by atoms with Crippen molar-refractivity contribution in [3.63, 3.8) is 0 Å². The lowest BCUT2D eigenvalue weighted by atomic mass is 10.1. The molecule has 1 rings (SSSR count). The van der Waals surface area contributed by atoms with Crippen molar-refractivity contribution >= 4 is 34.0 Å². The van der Waals surface area contributed by atoms with Gasteiger partial charge in [-0.15, -0.1) is 0 Å². The summed E-state index contributed by atoms with van der Waals surface area (Å²) in [6, 6.07) is 2.72. The van der Waals surface area contributed by atoms with E-state index in [0.29, 0.717) is 22.0 Å². The predicted octanol–water partition coefficient (Wildman–Crippen LogP) is 2.38. The van der Waals surface area contributed by atoms with Crippen LogP contribution in [0.1, 0.15) is 5.56 Å². The molecular weight excluding hydrogens is 237 g/mol. The summed E-state index contributed by atoms with van der Waals surface area (Å²) in [7, 11) is 0. The number of halogens is 2. The molecule has 0 aromatic heterocycles. The Morgan fingerprint density at radius 1 is 1.46 bits per heavy atom. The quantitative estimate of drug-likeness (QED) is 0.493. The van der Waals surface area contributed by atoms with Crippen LogP contribution in [0.5, 0.6) is 0 Å². The van der Waals surface area contributed by atoms with Gasteiger partial charge in [0.1, 0.15) is 12.1 Å². The minimum Gasteiger partial charge on any atom is -0.398 e. The van der Waals surface area contributed by atoms with E-state index in [0.717, 1.165) is 0 Å². The lowest BCUT2D eigenvalue weighted by Crippen LogP contribution is -1.91. The Labute approximate surface area is 83.4 Å². The first kappa shape index (κ1) is 9.92. The van der Waals surface area contributed by atoms with Crippen molar-refractivity contribution in [3.8, 4) is 0 Å². The zero-order valence-electron chi connectivity index (χ0n) is 6.63. The number of carbonyl (C=O) groups excluding carboxylic acids is 1. The highest BCUT2D eigenvalue weighted by atomic mass is 79.9. The first-order valence-corrected chi connectivity index (χ1v) is 4.31. The molecule has 4 heteroatoms. The number of hydrogen-bond donors (Lipinski definition) is 1. The molecule has 0 aliphatic rings. The van der Waals surface area contributed by atoms with Gasteiger partial charge >= 0.3 is 0 Å². The fraction of sp³-hybridized carbons (Fsp3) is 0. The predicted molar refractivity (Wildman–Crippen MR) is 53.6 cm³/mol. The maximum atomic E-state index is 12.9. The molecule has 2 N–H and O–H groups in total. The Bertz CT molecular complexity index is 363. The van der Waals surface area contributed by atoms with Crippen molar-refractivity contribution in [3.05, 3.63) is 34.1 Å². The Morgan fingerprint density at radius 2 is 2.15 bits per heavy atom. The SMILES string of the molecule is Nc1cc(F)c(Br)cc1/C=C/C=O. The van der Waals surface area contributed by atoms with Gasteiger partial charge in [0.25, 0.3) is 0 Å². The number of allylic oxidation sites excluding steroid dienone is 1. The Morgan fingerprint density at radius 3 is 2.77 bits per heavy atom. The van der Waals surface area contributed by atoms with Gasteiger partial charge in [-0.05, 0) is 45.8 Å². The highest BCUT2D eigenvalue weighted by Gasteiger charge is 2.02. The summed E-state index contributed by atoms with van der Waals surface area (Å²) in [6.07, 6.45) is 3.46. The summed E-state index contributed by atoms with van der Waals surface area (Å²) < 4.78 is 13.2. The second-order valence-electron chi connectivity index (χ2n) is 2.39. The van der Waals surface area contributed by atoms with Crippen molar-refractivity contribution < 1.29 is 9.18 Å². The number of nitrogens with two attached hydrogens (primary N) is 1. The van der Waals surface area contributed by atoms with Crippen molar-refractivity contribution in [1.29, 1.82) is 0 Å². The summed E-state index contributed by atoms with van der Waals surface area (Å²) in [4.78, 5) is 10.0. The molecule has 13 heavy (non-hydrogen) atoms. The number of aldehydes is 1. The van der Waals surface area contributed by atoms with Crippen LogP contribution in [-0.4, -0.2) is 6.29 Å². The van der Waals surface area contributed by atoms with Crippen LogP contribution in [0.3, 0.4) is 0 Å². The number of hydrogen-bond acceptors (Lipinski definition) is 2. The molecule has 0 heterocycles. The minimum atomic E-state index is -0.416. The van der Waals surface area contributed by atoms with E-state index in [1.807, 2.05) is 0 Å². The number of rotatable bonds is 2. The standard InChI is InChI=1S/C9H7BrFNO/c10-7-4-6(2-1-3-13)9(12)5-8(7)11/h1-5H,12H2/b2-1+. The molecule has 0 radical (unpaired) electrons. The molecule has 0 bridgehead atoms. The van der Waals surface area contributed by atoms with E-state index in [9.17, 15) is 9.18 Å². The monoisotopic (exact) mass is 243 g/mol. The molecule has 0 amide bonds. The first-order chi connectivity index (χ1) is 6.15. The smallest absolute Gasteiger partial charge is 0.142 e. The zero-order chi connectivity index (χ0) is 9.84. The van der Waals surface area contributed by atoms with E-state index >= 15 is 0 Å². The highest BCUT2D eigenvalue weighted by molar-refractivity contribution is 9.10. The Balaban J connectivity index is 3.15. The van der Waals surface area contributed by atoms with E-state index in [1.165, 1.54) is 24.3 Å². The van der Waals surface area contributed by atoms with Crippen LogP contribution in [0.25, 0.3) is 6.08 Å². The molecule has 0 saturated carbocycles. The fourth-order valence-electron chi connectivity index (χ4n) is 0.865. The summed E-state index contributed by atoms with van der Waals surface area (Å²) in [5.74, 6) is -0.416. The van der Waals surface area contributed by atoms with E-state index in [2.05, 4.69) is 15.9 Å². The topological polar surface area (TPSA) is 43.1 Å². The number of nitrogen functional groups attached to an aromatic ring is 1. The molecule has 68 valence electrons. The maximum Gasteiger partial charge on any atom is 0.142 e. The molecule has 0 saturated heterocycles. The van der Waals surface area contributed by atoms with Crippen molar-refractivity contribution in [2.45, 2.75) is 0 Å². The van der Waals surface area contributed by atoms with Crippen molar-refractivity contribution in [2.75, 3.05) is 5.73 Å². The van der Waals surface area contributed by atoms with Gasteiger partial charge in [-0.25, -0.2) is 4.39 Å². The third-order valence-corrected chi connectivity index (χ3v) is 2.09. The van der Waals surface area contributed by atoms with Crippen LogP contribution in [0, 0.1) is 5.82 Å². The van der Waals surface area contributed by atoms with Gasteiger partial charge in [0.2, 0.25) is 0 Å². The van der Waals surface area contributed by atoms with Crippen LogP contribution in [-0.2, 0) is 4.79 Å². The maximum absolute atomic E-state index is 12.9. The molecule has 1 aromatic rings. The molecule has 0 aliphatic carbocycles. The van der Waals surface area contributed by atoms with E-state index < -0.39 is 5.82 Å². The largest absolute Gasteiger partial charge is 0.398 e. The van der Waals surface area contributed by atoms with Crippen LogP contribution in [0.4, 0.5) is 10.1 Å². The fourth-order valence-corrected chi connectivity index (χ4v) is 1.23. The summed E-state index contributed by atoms with van der Waals surface area (Å²) in [5, 5.41) is 0. The summed E-state index contributed by atoms with van der Waals surface area (Å²) in [6.45, 7) is 0. The molecular formula is C9H7BrFNO. The lowest BCUT2D eigenvalue weighted by Gasteiger charge is -2.01. The van der Waals surface area contributed by atoms with Gasteiger partial charge in [0, 0.05) is 5.69 Å². The number of benzene rings is 1. The minimum absolute atomic E-state index is 0.304. The molecule has 0 unspecified atom stereocenters. The lowest BCUT2D eigenvalue weighted by molar-refractivity contribution is -0.104. The van der Waals surface area contributed by atoms with Gasteiger partial charge in [-0.3, -0.25) is 4.79 Å². The van der Waals surface area contributed by atoms with E-state index in [-0.39, 0.29) is 0 Å². The highest BCUT2D eigenvalue weighted by Crippen LogP contribution is 2.23. The second kappa shape index (κ2) is 4.18. The molecule has 1 aromatic carbocycles. The van der Waals surface area contributed by atoms with Crippen molar-refractivity contribution in [2.24, 2.45) is 0 Å². The Kier molecular flexibility index (Phi) is 3.19. The van der Waals surface area contributed by atoms with Crippen molar-refractivity contribution in [1.82, 2.24) is 0 Å². The average Bonchev–Trinajstić information content (AvgIpc) is 2.09. The third kappa shape index (κ3) is 2.39. The normalized spacial score (nSPS) is 10.6. The van der Waals surface area contributed by atoms with Gasteiger partial charge < -0.3 is 5.73 Å². The van der Waals surface area contributed by atoms with E-state index in [1.54, 1.807) is 0 Å². The summed E-state index contributed by atoms with van der Waals surface area (Å²) >= 11 is 3.02. The van der Waals surface area contributed by atoms with Crippen LogP contribution in [0.2, 0.25) is 0 Å². The second-order valence-corrected chi connectivity index (χ2v) is 3.24. The first-order valence-electron chi connectivity index (χ1n) is 3.51. The molecule has 2 nitrogen and oxygen atoms in total. The van der Waals surface area contributed by atoms with Gasteiger partial charge in [0.05, 0.1) is 4.47 Å². The Hall–Kier alpha value is -1.16. The molecule has 0 fully saturated rings. The zero-order valence-corrected chi connectivity index (χ0v) is 8.21. The number of carbonyl (C=O) groups is 1. The van der Waals surface area contributed by atoms with Gasteiger partial charge in [0.15, 0.2) is 0 Å². The van der Waals surface area contributed by atoms with E-state index in [4.69, 9.17) is 5.73 Å². The summed E-state index contributed by atoms with van der Waals surface area (Å²) in [5.41, 5.74) is 6.42. The number of anilines is 1. The average molecular weight is 244 g/mol. The van der Waals surface area contributed by atoms with Gasteiger partial charge in [-0.1, -0.05) is 0 Å². The third-order valence-electron chi connectivity index (χ3n) is 1.48. The van der Waals surface area contributed by atoms with Crippen LogP contribution in [0.15, 0.2) is 22.7 Å². The molecule has 0 atom stereocenters. The van der Waals surface area contributed by atoms with Gasteiger partial charge in [-0.2, -0.15) is 0 Å². The van der Waals surface area contributed by atoms with Crippen LogP contribution >= 0.6 is 15.9 Å².